The van der Waals surface area contributed by atoms with E-state index in [2.05, 4.69) is 61.1 Å². The molecule has 0 aliphatic carbocycles. The molecule has 5 rings (SSSR count). The van der Waals surface area contributed by atoms with E-state index >= 15 is 0 Å². The number of aliphatic hydroxyl groups is 2. The highest BCUT2D eigenvalue weighted by Gasteiger charge is 2.30. The van der Waals surface area contributed by atoms with Crippen molar-refractivity contribution in [2.45, 2.75) is 51.4 Å². The molecule has 0 saturated heterocycles. The van der Waals surface area contributed by atoms with Crippen molar-refractivity contribution >= 4 is 39.7 Å². The van der Waals surface area contributed by atoms with Crippen LogP contribution < -0.4 is 10.2 Å². The number of aliphatic hydroxyl groups excluding tert-OH is 2. The molecule has 0 fully saturated rings. The summed E-state index contributed by atoms with van der Waals surface area (Å²) >= 11 is 3.39. The molecule has 0 radical (unpaired) electrons. The largest absolute Gasteiger partial charge is 0.394 e. The highest BCUT2D eigenvalue weighted by atomic mass is 79.9. The molecule has 2 amide bonds. The number of benzene rings is 3. The van der Waals surface area contributed by atoms with E-state index in [0.717, 1.165) is 35.0 Å². The maximum absolute atomic E-state index is 13.1. The number of nitrogens with one attached hydrogen (secondary N) is 1. The van der Waals surface area contributed by atoms with Crippen LogP contribution in [0.25, 0.3) is 0 Å². The van der Waals surface area contributed by atoms with Crippen LogP contribution in [0.15, 0.2) is 59.1 Å². The summed E-state index contributed by atoms with van der Waals surface area (Å²) < 4.78 is 11.6. The Labute approximate surface area is 285 Å². The lowest BCUT2D eigenvalue weighted by Crippen LogP contribution is -2.38. The first-order valence-electron chi connectivity index (χ1n) is 15.9. The SMILES string of the molecule is CC(C)(COCCO)c1ccc2c(c1)CCN(c1cccc(Br)c1C=O)C2=O.CC(C)(COCCO)c1ccc2c(c1)CCNC2=O. The van der Waals surface area contributed by atoms with Crippen LogP contribution in [0.1, 0.15) is 81.0 Å². The molecule has 3 aromatic rings. The van der Waals surface area contributed by atoms with Crippen LogP contribution in [0.4, 0.5) is 5.69 Å². The second-order valence-electron chi connectivity index (χ2n) is 13.1. The molecule has 10 heteroatoms. The number of hydrogen-bond donors (Lipinski definition) is 3. The second-order valence-corrected chi connectivity index (χ2v) is 13.9. The first kappa shape index (κ1) is 36.4. The topological polar surface area (TPSA) is 125 Å². The molecule has 0 atom stereocenters. The molecule has 2 aliphatic heterocycles. The van der Waals surface area contributed by atoms with Gasteiger partial charge in [0, 0.05) is 39.5 Å². The van der Waals surface area contributed by atoms with Crippen molar-refractivity contribution in [3.63, 3.8) is 0 Å². The fourth-order valence-electron chi connectivity index (χ4n) is 5.82. The Bertz CT molecular complexity index is 1590. The molecule has 252 valence electrons. The molecule has 3 N–H and O–H groups in total. The number of hydrogen-bond acceptors (Lipinski definition) is 7. The molecule has 47 heavy (non-hydrogen) atoms. The number of rotatable bonds is 12. The number of carbonyl (C=O) groups is 3. The Kier molecular flexibility index (Phi) is 12.5. The maximum Gasteiger partial charge on any atom is 0.258 e. The minimum atomic E-state index is -0.223. The number of amides is 2. The average molecular weight is 710 g/mol. The third-order valence-electron chi connectivity index (χ3n) is 8.61. The van der Waals surface area contributed by atoms with E-state index in [1.807, 2.05) is 30.3 Å². The highest BCUT2D eigenvalue weighted by molar-refractivity contribution is 9.10. The van der Waals surface area contributed by atoms with Gasteiger partial charge in [-0.05, 0) is 75.3 Å². The molecular formula is C37H45BrN2O7. The van der Waals surface area contributed by atoms with Crippen molar-refractivity contribution < 1.29 is 34.1 Å². The number of halogens is 1. The van der Waals surface area contributed by atoms with Gasteiger partial charge in [0.1, 0.15) is 0 Å². The highest BCUT2D eigenvalue weighted by Crippen LogP contribution is 2.33. The predicted octanol–water partition coefficient (Wildman–Crippen LogP) is 5.01. The maximum atomic E-state index is 13.1. The third-order valence-corrected chi connectivity index (χ3v) is 9.31. The summed E-state index contributed by atoms with van der Waals surface area (Å²) in [5, 5.41) is 20.5. The zero-order chi connectivity index (χ0) is 34.2. The van der Waals surface area contributed by atoms with E-state index in [1.165, 1.54) is 5.56 Å². The number of ether oxygens (including phenoxy) is 2. The first-order chi connectivity index (χ1) is 22.4. The van der Waals surface area contributed by atoms with Crippen LogP contribution in [0.5, 0.6) is 0 Å². The van der Waals surface area contributed by atoms with E-state index in [9.17, 15) is 14.4 Å². The molecule has 0 unspecified atom stereocenters. The van der Waals surface area contributed by atoms with Crippen molar-refractivity contribution in [3.05, 3.63) is 98.0 Å². The lowest BCUT2D eigenvalue weighted by Gasteiger charge is -2.32. The normalized spacial score (nSPS) is 14.5. The Hall–Kier alpha value is -3.41. The van der Waals surface area contributed by atoms with Gasteiger partial charge in [0.05, 0.1) is 50.9 Å². The van der Waals surface area contributed by atoms with Gasteiger partial charge in [0.15, 0.2) is 6.29 Å². The summed E-state index contributed by atoms with van der Waals surface area (Å²) in [6, 6.07) is 17.3. The van der Waals surface area contributed by atoms with E-state index in [-0.39, 0.29) is 35.9 Å². The summed E-state index contributed by atoms with van der Waals surface area (Å²) in [5.74, 6) is -0.0783. The van der Waals surface area contributed by atoms with Crippen LogP contribution in [-0.4, -0.2) is 81.0 Å². The summed E-state index contributed by atoms with van der Waals surface area (Å²) in [7, 11) is 0. The van der Waals surface area contributed by atoms with Crippen molar-refractivity contribution in [1.82, 2.24) is 5.32 Å². The van der Waals surface area contributed by atoms with Gasteiger partial charge < -0.3 is 29.9 Å². The van der Waals surface area contributed by atoms with E-state index < -0.39 is 0 Å². The number of nitrogens with zero attached hydrogens (tertiary/aromatic N) is 1. The fraction of sp³-hybridized carbons (Fsp3) is 0.432. The monoisotopic (exact) mass is 708 g/mol. The first-order valence-corrected chi connectivity index (χ1v) is 16.7. The molecule has 2 heterocycles. The van der Waals surface area contributed by atoms with Crippen LogP contribution in [0.2, 0.25) is 0 Å². The molecule has 2 aliphatic rings. The Morgan fingerprint density at radius 3 is 2.00 bits per heavy atom. The van der Waals surface area contributed by atoms with Gasteiger partial charge in [0.25, 0.3) is 11.8 Å². The standard InChI is InChI=1S/C22H24BrNO4.C15H21NO3/c1-22(2,14-28-11-10-25)16-6-7-17-15(12-16)8-9-24(21(17)27)20-5-3-4-19(23)18(20)13-26;1-15(2,10-19-8-7-17)12-3-4-13-11(9-12)5-6-16-14(13)18/h3-7,12-13,25H,8-11,14H2,1-2H3;3-4,9,17H,5-8,10H2,1-2H3,(H,16,18). The Balaban J connectivity index is 0.000000229. The van der Waals surface area contributed by atoms with Gasteiger partial charge in [-0.25, -0.2) is 0 Å². The fourth-order valence-corrected chi connectivity index (χ4v) is 6.27. The molecule has 0 saturated carbocycles. The molecule has 0 aromatic heterocycles. The lowest BCUT2D eigenvalue weighted by molar-refractivity contribution is 0.0642. The number of anilines is 1. The number of fused-ring (bicyclic) bond motifs is 2. The lowest BCUT2D eigenvalue weighted by atomic mass is 9.82. The summed E-state index contributed by atoms with van der Waals surface area (Å²) in [4.78, 5) is 38.0. The van der Waals surface area contributed by atoms with E-state index in [4.69, 9.17) is 19.7 Å². The van der Waals surface area contributed by atoms with Crippen molar-refractivity contribution in [1.29, 1.82) is 0 Å². The number of aldehydes is 1. The zero-order valence-corrected chi connectivity index (χ0v) is 29.2. The average Bonchev–Trinajstić information content (AvgIpc) is 3.05. The predicted molar refractivity (Wildman–Crippen MR) is 186 cm³/mol. The third kappa shape index (κ3) is 8.74. The smallest absolute Gasteiger partial charge is 0.258 e. The quantitative estimate of drug-likeness (QED) is 0.179. The van der Waals surface area contributed by atoms with Gasteiger partial charge in [0.2, 0.25) is 0 Å². The van der Waals surface area contributed by atoms with Gasteiger partial charge in [-0.3, -0.25) is 14.4 Å². The van der Waals surface area contributed by atoms with Crippen LogP contribution in [0.3, 0.4) is 0 Å². The van der Waals surface area contributed by atoms with Gasteiger partial charge in [-0.2, -0.15) is 0 Å². The van der Waals surface area contributed by atoms with E-state index in [1.54, 1.807) is 17.0 Å². The van der Waals surface area contributed by atoms with Crippen LogP contribution >= 0.6 is 15.9 Å². The molecular weight excluding hydrogens is 664 g/mol. The van der Waals surface area contributed by atoms with Crippen molar-refractivity contribution in [2.75, 3.05) is 57.6 Å². The summed E-state index contributed by atoms with van der Waals surface area (Å²) in [5.41, 5.74) is 6.59. The zero-order valence-electron chi connectivity index (χ0n) is 27.6. The molecule has 9 nitrogen and oxygen atoms in total. The van der Waals surface area contributed by atoms with E-state index in [0.29, 0.717) is 67.2 Å². The van der Waals surface area contributed by atoms with Gasteiger partial charge >= 0.3 is 0 Å². The summed E-state index contributed by atoms with van der Waals surface area (Å²) in [6.45, 7) is 11.4. The number of carbonyl (C=O) groups excluding carboxylic acids is 3. The molecule has 3 aromatic carbocycles. The Morgan fingerprint density at radius 2 is 1.43 bits per heavy atom. The Morgan fingerprint density at radius 1 is 0.851 bits per heavy atom. The van der Waals surface area contributed by atoms with Crippen molar-refractivity contribution in [3.8, 4) is 0 Å². The molecule has 0 spiro atoms. The van der Waals surface area contributed by atoms with Gasteiger partial charge in [-0.1, -0.05) is 58.0 Å². The molecule has 0 bridgehead atoms. The summed E-state index contributed by atoms with van der Waals surface area (Å²) in [6.07, 6.45) is 2.37. The van der Waals surface area contributed by atoms with Crippen LogP contribution in [0, 0.1) is 0 Å². The second kappa shape index (κ2) is 16.1. The van der Waals surface area contributed by atoms with Crippen molar-refractivity contribution in [2.24, 2.45) is 0 Å². The van der Waals surface area contributed by atoms with Gasteiger partial charge in [-0.15, -0.1) is 0 Å². The van der Waals surface area contributed by atoms with Crippen LogP contribution in [-0.2, 0) is 33.1 Å². The minimum absolute atomic E-state index is 0.00296. The minimum Gasteiger partial charge on any atom is -0.394 e.